The molecule has 1 fully saturated rings. The van der Waals surface area contributed by atoms with Gasteiger partial charge in [-0.2, -0.15) is 0 Å². The van der Waals surface area contributed by atoms with Crippen LogP contribution in [-0.2, 0) is 9.53 Å². The molecule has 0 aromatic carbocycles. The largest absolute Gasteiger partial charge is 0.512 e. The van der Waals surface area contributed by atoms with E-state index in [0.29, 0.717) is 0 Å². The Morgan fingerprint density at radius 3 is 2.69 bits per heavy atom. The van der Waals surface area contributed by atoms with E-state index in [2.05, 4.69) is 0 Å². The molecule has 1 saturated heterocycles. The van der Waals surface area contributed by atoms with Crippen molar-refractivity contribution < 1.29 is 24.9 Å². The van der Waals surface area contributed by atoms with Crippen molar-refractivity contribution in [2.75, 3.05) is 0 Å². The topological polar surface area (TPSA) is 113 Å². The molecule has 5 N–H and O–H groups in total. The van der Waals surface area contributed by atoms with Crippen LogP contribution in [0, 0.1) is 5.92 Å². The first-order valence-corrected chi connectivity index (χ1v) is 5.18. The lowest BCUT2D eigenvalue weighted by Gasteiger charge is -2.41. The number of aliphatic hydroxyl groups excluding tert-OH is 3. The minimum Gasteiger partial charge on any atom is -0.512 e. The van der Waals surface area contributed by atoms with Crippen LogP contribution in [0.5, 0.6) is 0 Å². The molecule has 0 bridgehead atoms. The highest BCUT2D eigenvalue weighted by Crippen LogP contribution is 2.36. The zero-order valence-electron chi connectivity index (χ0n) is 8.83. The number of hydrogen-bond acceptors (Lipinski definition) is 6. The lowest BCUT2D eigenvalue weighted by Crippen LogP contribution is -2.57. The number of carbonyl (C=O) groups is 1. The number of ether oxygens (including phenoxy) is 1. The summed E-state index contributed by atoms with van der Waals surface area (Å²) in [5.74, 6) is -1.67. The number of esters is 1. The second kappa shape index (κ2) is 3.73. The van der Waals surface area contributed by atoms with Crippen LogP contribution < -0.4 is 5.73 Å². The monoisotopic (exact) mass is 229 g/mol. The number of rotatable bonds is 0. The van der Waals surface area contributed by atoms with Crippen LogP contribution in [0.1, 0.15) is 13.3 Å². The summed E-state index contributed by atoms with van der Waals surface area (Å²) in [5, 5.41) is 29.0. The lowest BCUT2D eigenvalue weighted by atomic mass is 9.75. The molecule has 1 heterocycles. The first-order chi connectivity index (χ1) is 7.43. The van der Waals surface area contributed by atoms with Crippen molar-refractivity contribution >= 4 is 5.97 Å². The van der Waals surface area contributed by atoms with E-state index in [0.717, 1.165) is 0 Å². The fraction of sp³-hybridized carbons (Fsp3) is 0.700. The van der Waals surface area contributed by atoms with Crippen LogP contribution in [0.4, 0.5) is 0 Å². The summed E-state index contributed by atoms with van der Waals surface area (Å²) < 4.78 is 4.95. The van der Waals surface area contributed by atoms with Crippen LogP contribution in [0.25, 0.3) is 0 Å². The van der Waals surface area contributed by atoms with Gasteiger partial charge in [-0.15, -0.1) is 0 Å². The molecule has 0 saturated carbocycles. The SMILES string of the molecule is C[C@@H]1OC(=O)C2=C(O)C[C@H](O)[C@@H](O)[C@@H]2[C@@H]1N. The Hall–Kier alpha value is -1.11. The molecule has 2 rings (SSSR count). The molecule has 16 heavy (non-hydrogen) atoms. The predicted octanol–water partition coefficient (Wildman–Crippen LogP) is -1.19. The highest BCUT2D eigenvalue weighted by atomic mass is 16.5. The van der Waals surface area contributed by atoms with E-state index >= 15 is 0 Å². The van der Waals surface area contributed by atoms with E-state index in [9.17, 15) is 20.1 Å². The van der Waals surface area contributed by atoms with Crippen molar-refractivity contribution in [2.24, 2.45) is 11.7 Å². The van der Waals surface area contributed by atoms with Crippen LogP contribution in [0.3, 0.4) is 0 Å². The molecular formula is C10H15NO5. The van der Waals surface area contributed by atoms with Gasteiger partial charge in [0.2, 0.25) is 0 Å². The third kappa shape index (κ3) is 1.50. The fourth-order valence-electron chi connectivity index (χ4n) is 2.31. The molecule has 90 valence electrons. The highest BCUT2D eigenvalue weighted by Gasteiger charge is 2.48. The first-order valence-electron chi connectivity index (χ1n) is 5.18. The van der Waals surface area contributed by atoms with Crippen molar-refractivity contribution in [3.63, 3.8) is 0 Å². The quantitative estimate of drug-likeness (QED) is 0.389. The second-order valence-corrected chi connectivity index (χ2v) is 4.34. The Bertz CT molecular complexity index is 353. The summed E-state index contributed by atoms with van der Waals surface area (Å²) in [6, 6.07) is -0.625. The molecule has 6 nitrogen and oxygen atoms in total. The Labute approximate surface area is 92.3 Å². The van der Waals surface area contributed by atoms with Gasteiger partial charge in [0, 0.05) is 12.3 Å². The lowest BCUT2D eigenvalue weighted by molar-refractivity contribution is -0.155. The van der Waals surface area contributed by atoms with Gasteiger partial charge in [0.05, 0.1) is 23.8 Å². The third-order valence-electron chi connectivity index (χ3n) is 3.28. The van der Waals surface area contributed by atoms with E-state index in [1.165, 1.54) is 0 Å². The first kappa shape index (κ1) is 11.4. The molecular weight excluding hydrogens is 214 g/mol. The van der Waals surface area contributed by atoms with Crippen molar-refractivity contribution in [3.05, 3.63) is 11.3 Å². The van der Waals surface area contributed by atoms with Crippen LogP contribution in [0.15, 0.2) is 11.3 Å². The summed E-state index contributed by atoms with van der Waals surface area (Å²) in [4.78, 5) is 11.6. The second-order valence-electron chi connectivity index (χ2n) is 4.34. The average Bonchev–Trinajstić information content (AvgIpc) is 2.20. The summed E-state index contributed by atoms with van der Waals surface area (Å²) in [5.41, 5.74) is 5.82. The maximum Gasteiger partial charge on any atom is 0.338 e. The average molecular weight is 229 g/mol. The third-order valence-corrected chi connectivity index (χ3v) is 3.28. The zero-order valence-corrected chi connectivity index (χ0v) is 8.83. The number of nitrogens with two attached hydrogens (primary N) is 1. The molecule has 1 aliphatic carbocycles. The molecule has 0 aromatic rings. The zero-order chi connectivity index (χ0) is 12.0. The van der Waals surface area contributed by atoms with Crippen molar-refractivity contribution in [1.29, 1.82) is 0 Å². The molecule has 5 atom stereocenters. The number of fused-ring (bicyclic) bond motifs is 1. The van der Waals surface area contributed by atoms with E-state index in [-0.39, 0.29) is 17.8 Å². The Kier molecular flexibility index (Phi) is 2.65. The van der Waals surface area contributed by atoms with Crippen molar-refractivity contribution in [2.45, 2.75) is 37.7 Å². The van der Waals surface area contributed by atoms with E-state index in [1.807, 2.05) is 0 Å². The summed E-state index contributed by atoms with van der Waals surface area (Å²) in [6.07, 6.45) is -2.94. The van der Waals surface area contributed by atoms with E-state index in [1.54, 1.807) is 6.92 Å². The Morgan fingerprint density at radius 2 is 2.06 bits per heavy atom. The molecule has 1 aliphatic heterocycles. The highest BCUT2D eigenvalue weighted by molar-refractivity contribution is 5.91. The van der Waals surface area contributed by atoms with Gasteiger partial charge in [0.1, 0.15) is 11.9 Å². The van der Waals surface area contributed by atoms with Gasteiger partial charge in [0.25, 0.3) is 0 Å². The smallest absolute Gasteiger partial charge is 0.338 e. The fourth-order valence-corrected chi connectivity index (χ4v) is 2.31. The van der Waals surface area contributed by atoms with Crippen molar-refractivity contribution in [3.8, 4) is 0 Å². The minimum absolute atomic E-state index is 0.00315. The van der Waals surface area contributed by atoms with E-state index in [4.69, 9.17) is 10.5 Å². The van der Waals surface area contributed by atoms with Gasteiger partial charge in [-0.25, -0.2) is 4.79 Å². The number of carbonyl (C=O) groups excluding carboxylic acids is 1. The normalized spacial score (nSPS) is 44.0. The minimum atomic E-state index is -1.14. The maximum atomic E-state index is 11.6. The summed E-state index contributed by atoms with van der Waals surface area (Å²) >= 11 is 0. The molecule has 6 heteroatoms. The molecule has 0 spiro atoms. The van der Waals surface area contributed by atoms with Crippen LogP contribution in [0.2, 0.25) is 0 Å². The van der Waals surface area contributed by atoms with Gasteiger partial charge in [-0.3, -0.25) is 0 Å². The molecule has 0 radical (unpaired) electrons. The molecule has 0 amide bonds. The predicted molar refractivity (Wildman–Crippen MR) is 53.3 cm³/mol. The van der Waals surface area contributed by atoms with Crippen LogP contribution in [-0.4, -0.2) is 45.6 Å². The number of hydrogen-bond donors (Lipinski definition) is 4. The number of aliphatic hydroxyl groups is 3. The van der Waals surface area contributed by atoms with Gasteiger partial charge in [-0.05, 0) is 6.92 Å². The van der Waals surface area contributed by atoms with Gasteiger partial charge in [0.15, 0.2) is 0 Å². The van der Waals surface area contributed by atoms with Crippen LogP contribution >= 0.6 is 0 Å². The number of cyclic esters (lactones) is 1. The van der Waals surface area contributed by atoms with Gasteiger partial charge in [-0.1, -0.05) is 0 Å². The van der Waals surface area contributed by atoms with E-state index < -0.39 is 36.2 Å². The van der Waals surface area contributed by atoms with Gasteiger partial charge < -0.3 is 25.8 Å². The Morgan fingerprint density at radius 1 is 1.44 bits per heavy atom. The maximum absolute atomic E-state index is 11.6. The standard InChI is InChI=1S/C10H15NO5/c1-3-8(11)7-6(10(15)16-3)4(12)2-5(13)9(7)14/h3,5,7-9,12-14H,2,11H2,1H3/t3-,5-,7-,8+,9+/m0/s1. The summed E-state index contributed by atoms with van der Waals surface area (Å²) in [7, 11) is 0. The van der Waals surface area contributed by atoms with Crippen molar-refractivity contribution in [1.82, 2.24) is 0 Å². The molecule has 0 aromatic heterocycles. The Balaban J connectivity index is 2.44. The molecule has 2 aliphatic rings. The van der Waals surface area contributed by atoms with Gasteiger partial charge >= 0.3 is 5.97 Å². The molecule has 0 unspecified atom stereocenters. The summed E-state index contributed by atoms with van der Waals surface area (Å²) in [6.45, 7) is 1.62.